The highest BCUT2D eigenvalue weighted by Crippen LogP contribution is 2.31. The normalized spacial score (nSPS) is 11.5. The maximum Gasteiger partial charge on any atom is 0.419 e. The summed E-state index contributed by atoms with van der Waals surface area (Å²) in [5, 5.41) is 6.70. The molecule has 0 radical (unpaired) electrons. The van der Waals surface area contributed by atoms with Gasteiger partial charge in [0.05, 0.1) is 18.9 Å². The Bertz CT molecular complexity index is 611. The van der Waals surface area contributed by atoms with Crippen LogP contribution in [-0.4, -0.2) is 33.4 Å². The van der Waals surface area contributed by atoms with Crippen LogP contribution in [0, 0.1) is 0 Å². The number of methoxy groups -OCH3 is 1. The third-order valence-electron chi connectivity index (χ3n) is 2.66. The summed E-state index contributed by atoms with van der Waals surface area (Å²) in [7, 11) is 1.40. The molecule has 21 heavy (non-hydrogen) atoms. The first-order valence-electron chi connectivity index (χ1n) is 6.22. The maximum atomic E-state index is 12.6. The third-order valence-corrected chi connectivity index (χ3v) is 2.66. The standard InChI is InChI=1S/C12H14F3N5O/c1-3-4-16-10-9(21-2)11(18-7-17-10)20-6-8(5-19-20)12(13,14)15/h5-7H,3-4H2,1-2H3,(H,16,17,18). The number of ether oxygens (including phenoxy) is 1. The van der Waals surface area contributed by atoms with Crippen molar-refractivity contribution in [2.24, 2.45) is 0 Å². The Kier molecular flexibility index (Phi) is 4.29. The van der Waals surface area contributed by atoms with Crippen molar-refractivity contribution < 1.29 is 17.9 Å². The van der Waals surface area contributed by atoms with Gasteiger partial charge in [0.15, 0.2) is 5.82 Å². The third kappa shape index (κ3) is 3.23. The van der Waals surface area contributed by atoms with E-state index in [9.17, 15) is 13.2 Å². The molecule has 6 nitrogen and oxygen atoms in total. The van der Waals surface area contributed by atoms with Crippen molar-refractivity contribution in [2.75, 3.05) is 19.0 Å². The van der Waals surface area contributed by atoms with Gasteiger partial charge < -0.3 is 10.1 Å². The topological polar surface area (TPSA) is 64.9 Å². The molecule has 2 aromatic heterocycles. The minimum absolute atomic E-state index is 0.140. The molecule has 0 amide bonds. The van der Waals surface area contributed by atoms with Gasteiger partial charge in [-0.05, 0) is 6.42 Å². The SMILES string of the molecule is CCCNc1ncnc(-n2cc(C(F)(F)F)cn2)c1OC. The molecule has 0 aromatic carbocycles. The number of hydrogen-bond acceptors (Lipinski definition) is 5. The fourth-order valence-electron chi connectivity index (χ4n) is 1.67. The lowest BCUT2D eigenvalue weighted by molar-refractivity contribution is -0.137. The van der Waals surface area contributed by atoms with Gasteiger partial charge >= 0.3 is 6.18 Å². The fraction of sp³-hybridized carbons (Fsp3) is 0.417. The van der Waals surface area contributed by atoms with Gasteiger partial charge in [-0.15, -0.1) is 0 Å². The molecule has 114 valence electrons. The van der Waals surface area contributed by atoms with E-state index in [4.69, 9.17) is 4.74 Å². The molecule has 2 heterocycles. The summed E-state index contributed by atoms with van der Waals surface area (Å²) in [6, 6.07) is 0. The zero-order valence-electron chi connectivity index (χ0n) is 11.5. The minimum Gasteiger partial charge on any atom is -0.490 e. The van der Waals surface area contributed by atoms with Crippen LogP contribution in [-0.2, 0) is 6.18 Å². The van der Waals surface area contributed by atoms with Gasteiger partial charge in [0.1, 0.15) is 6.33 Å². The van der Waals surface area contributed by atoms with E-state index in [-0.39, 0.29) is 11.6 Å². The van der Waals surface area contributed by atoms with Crippen LogP contribution in [0.3, 0.4) is 0 Å². The predicted molar refractivity (Wildman–Crippen MR) is 69.5 cm³/mol. The van der Waals surface area contributed by atoms with E-state index in [1.807, 2.05) is 6.92 Å². The van der Waals surface area contributed by atoms with Gasteiger partial charge in [-0.3, -0.25) is 0 Å². The van der Waals surface area contributed by atoms with Crippen LogP contribution in [0.25, 0.3) is 5.82 Å². The second-order valence-electron chi connectivity index (χ2n) is 4.18. The maximum absolute atomic E-state index is 12.6. The summed E-state index contributed by atoms with van der Waals surface area (Å²) in [4.78, 5) is 7.96. The van der Waals surface area contributed by atoms with Crippen LogP contribution in [0.4, 0.5) is 19.0 Å². The van der Waals surface area contributed by atoms with Gasteiger partial charge in [-0.25, -0.2) is 14.6 Å². The van der Waals surface area contributed by atoms with Crippen molar-refractivity contribution in [3.8, 4) is 11.6 Å². The molecule has 2 rings (SSSR count). The van der Waals surface area contributed by atoms with E-state index in [2.05, 4.69) is 20.4 Å². The fourth-order valence-corrected chi connectivity index (χ4v) is 1.67. The van der Waals surface area contributed by atoms with E-state index < -0.39 is 11.7 Å². The minimum atomic E-state index is -4.46. The Labute approximate surface area is 119 Å². The van der Waals surface area contributed by atoms with Crippen LogP contribution in [0.1, 0.15) is 18.9 Å². The number of alkyl halides is 3. The molecular formula is C12H14F3N5O. The lowest BCUT2D eigenvalue weighted by atomic mass is 10.3. The van der Waals surface area contributed by atoms with Crippen LogP contribution in [0.15, 0.2) is 18.7 Å². The molecule has 0 bridgehead atoms. The van der Waals surface area contributed by atoms with Crippen LogP contribution in [0.2, 0.25) is 0 Å². The average molecular weight is 301 g/mol. The quantitative estimate of drug-likeness (QED) is 0.919. The monoisotopic (exact) mass is 301 g/mol. The van der Waals surface area contributed by atoms with Crippen molar-refractivity contribution in [2.45, 2.75) is 19.5 Å². The molecule has 9 heteroatoms. The van der Waals surface area contributed by atoms with Gasteiger partial charge in [0.2, 0.25) is 11.6 Å². The molecule has 0 unspecified atom stereocenters. The van der Waals surface area contributed by atoms with Gasteiger partial charge in [-0.1, -0.05) is 6.92 Å². The summed E-state index contributed by atoms with van der Waals surface area (Å²) in [6.45, 7) is 2.63. The van der Waals surface area contributed by atoms with Crippen LogP contribution >= 0.6 is 0 Å². The first-order chi connectivity index (χ1) is 9.97. The summed E-state index contributed by atoms with van der Waals surface area (Å²) in [5.41, 5.74) is -0.855. The molecule has 0 saturated heterocycles. The van der Waals surface area contributed by atoms with E-state index in [1.165, 1.54) is 13.4 Å². The van der Waals surface area contributed by atoms with Gasteiger partial charge in [-0.2, -0.15) is 18.3 Å². The van der Waals surface area contributed by atoms with Gasteiger partial charge in [0, 0.05) is 12.7 Å². The smallest absolute Gasteiger partial charge is 0.419 e. The van der Waals surface area contributed by atoms with E-state index in [0.717, 1.165) is 23.5 Å². The summed E-state index contributed by atoms with van der Waals surface area (Å²) in [6.07, 6.45) is -0.760. The van der Waals surface area contributed by atoms with E-state index >= 15 is 0 Å². The Hall–Kier alpha value is -2.32. The molecule has 0 spiro atoms. The number of anilines is 1. The van der Waals surface area contributed by atoms with Crippen molar-refractivity contribution in [1.82, 2.24) is 19.7 Å². The lowest BCUT2D eigenvalue weighted by Gasteiger charge is -2.12. The predicted octanol–water partition coefficient (Wildman–Crippen LogP) is 2.51. The van der Waals surface area contributed by atoms with E-state index in [1.54, 1.807) is 0 Å². The highest BCUT2D eigenvalue weighted by Gasteiger charge is 2.32. The number of halogens is 3. The van der Waals surface area contributed by atoms with Crippen molar-refractivity contribution in [3.63, 3.8) is 0 Å². The Balaban J connectivity index is 2.41. The summed E-state index contributed by atoms with van der Waals surface area (Å²) < 4.78 is 44.1. The number of hydrogen-bond donors (Lipinski definition) is 1. The number of rotatable bonds is 5. The van der Waals surface area contributed by atoms with Crippen LogP contribution < -0.4 is 10.1 Å². The van der Waals surface area contributed by atoms with Crippen LogP contribution in [0.5, 0.6) is 5.75 Å². The van der Waals surface area contributed by atoms with Crippen molar-refractivity contribution >= 4 is 5.82 Å². The Morgan fingerprint density at radius 1 is 1.33 bits per heavy atom. The molecule has 1 N–H and O–H groups in total. The van der Waals surface area contributed by atoms with Crippen molar-refractivity contribution in [3.05, 3.63) is 24.3 Å². The van der Waals surface area contributed by atoms with E-state index in [0.29, 0.717) is 12.4 Å². The molecule has 2 aromatic rings. The number of nitrogens with zero attached hydrogens (tertiary/aromatic N) is 4. The summed E-state index contributed by atoms with van der Waals surface area (Å²) in [5.74, 6) is 0.790. The molecule has 0 saturated carbocycles. The Morgan fingerprint density at radius 2 is 2.10 bits per heavy atom. The molecule has 0 atom stereocenters. The molecule has 0 aliphatic heterocycles. The molecule has 0 fully saturated rings. The highest BCUT2D eigenvalue weighted by molar-refractivity contribution is 5.57. The largest absolute Gasteiger partial charge is 0.490 e. The zero-order chi connectivity index (χ0) is 15.5. The van der Waals surface area contributed by atoms with Crippen molar-refractivity contribution in [1.29, 1.82) is 0 Å². The molecule has 0 aliphatic rings. The average Bonchev–Trinajstić information content (AvgIpc) is 2.94. The lowest BCUT2D eigenvalue weighted by Crippen LogP contribution is -2.09. The second kappa shape index (κ2) is 5.98. The Morgan fingerprint density at radius 3 is 2.67 bits per heavy atom. The number of nitrogens with one attached hydrogen (secondary N) is 1. The highest BCUT2D eigenvalue weighted by atomic mass is 19.4. The first-order valence-corrected chi connectivity index (χ1v) is 6.22. The number of aromatic nitrogens is 4. The molecular weight excluding hydrogens is 287 g/mol. The zero-order valence-corrected chi connectivity index (χ0v) is 11.5. The second-order valence-corrected chi connectivity index (χ2v) is 4.18. The first kappa shape index (κ1) is 15.1. The summed E-state index contributed by atoms with van der Waals surface area (Å²) >= 11 is 0. The molecule has 0 aliphatic carbocycles. The van der Waals surface area contributed by atoms with Gasteiger partial charge in [0.25, 0.3) is 0 Å².